The van der Waals surface area contributed by atoms with E-state index in [0.29, 0.717) is 12.8 Å². The lowest BCUT2D eigenvalue weighted by Crippen LogP contribution is -2.46. The number of nitrogens with zero attached hydrogens (tertiary/aromatic N) is 1. The molecule has 1 N–H and O–H groups in total. The Balaban J connectivity index is 1.77. The molecule has 0 aromatic heterocycles. The summed E-state index contributed by atoms with van der Waals surface area (Å²) in [6, 6.07) is 11.5. The second-order valence-corrected chi connectivity index (χ2v) is 5.30. The van der Waals surface area contributed by atoms with Gasteiger partial charge in [0.25, 0.3) is 5.91 Å². The van der Waals surface area contributed by atoms with Gasteiger partial charge in [-0.05, 0) is 37.3 Å². The molecular formula is C17H18N2O3. The molecule has 0 spiro atoms. The van der Waals surface area contributed by atoms with Gasteiger partial charge in [-0.3, -0.25) is 4.79 Å². The molecule has 1 aliphatic carbocycles. The maximum Gasteiger partial charge on any atom is 0.331 e. The van der Waals surface area contributed by atoms with Crippen LogP contribution in [0.1, 0.15) is 31.2 Å². The molecule has 1 aliphatic rings. The fourth-order valence-corrected chi connectivity index (χ4v) is 2.46. The Kier molecular flexibility index (Phi) is 5.31. The Morgan fingerprint density at radius 3 is 2.59 bits per heavy atom. The maximum atomic E-state index is 11.8. The summed E-state index contributed by atoms with van der Waals surface area (Å²) in [6.07, 6.45) is 6.04. The summed E-state index contributed by atoms with van der Waals surface area (Å²) < 4.78 is 4.88. The van der Waals surface area contributed by atoms with E-state index in [2.05, 4.69) is 11.4 Å². The van der Waals surface area contributed by atoms with Gasteiger partial charge in [0, 0.05) is 6.08 Å². The number of hydrogen-bond acceptors (Lipinski definition) is 4. The van der Waals surface area contributed by atoms with Crippen LogP contribution in [0.3, 0.4) is 0 Å². The van der Waals surface area contributed by atoms with E-state index < -0.39 is 17.4 Å². The van der Waals surface area contributed by atoms with Crippen LogP contribution in [0.4, 0.5) is 0 Å². The van der Waals surface area contributed by atoms with Gasteiger partial charge in [-0.1, -0.05) is 30.3 Å². The van der Waals surface area contributed by atoms with Crippen molar-refractivity contribution in [1.29, 1.82) is 5.26 Å². The van der Waals surface area contributed by atoms with E-state index in [4.69, 9.17) is 10.00 Å². The van der Waals surface area contributed by atoms with Crippen LogP contribution >= 0.6 is 0 Å². The standard InChI is InChI=1S/C17H18N2O3/c18-13-17(10-4-5-11-17)19-15(20)12-22-16(21)9-8-14-6-2-1-3-7-14/h1-3,6-9H,4-5,10-12H2,(H,19,20)/b9-8+. The average Bonchev–Trinajstić information content (AvgIpc) is 3.01. The Labute approximate surface area is 129 Å². The van der Waals surface area contributed by atoms with Crippen molar-refractivity contribution in [3.05, 3.63) is 42.0 Å². The van der Waals surface area contributed by atoms with Gasteiger partial charge in [0.2, 0.25) is 0 Å². The molecule has 1 aromatic rings. The zero-order valence-corrected chi connectivity index (χ0v) is 12.2. The molecule has 0 heterocycles. The summed E-state index contributed by atoms with van der Waals surface area (Å²) in [5.41, 5.74) is 0.0851. The SMILES string of the molecule is N#CC1(NC(=O)COC(=O)/C=C/c2ccccc2)CCCC1. The van der Waals surface area contributed by atoms with Crippen molar-refractivity contribution in [3.63, 3.8) is 0 Å². The first-order valence-electron chi connectivity index (χ1n) is 7.26. The number of hydrogen-bond donors (Lipinski definition) is 1. The lowest BCUT2D eigenvalue weighted by molar-refractivity contribution is -0.144. The van der Waals surface area contributed by atoms with Crippen molar-refractivity contribution in [3.8, 4) is 6.07 Å². The number of nitriles is 1. The quantitative estimate of drug-likeness (QED) is 0.667. The maximum absolute atomic E-state index is 11.8. The van der Waals surface area contributed by atoms with Gasteiger partial charge in [-0.2, -0.15) is 5.26 Å². The number of ether oxygens (including phenoxy) is 1. The fourth-order valence-electron chi connectivity index (χ4n) is 2.46. The molecular weight excluding hydrogens is 280 g/mol. The molecule has 22 heavy (non-hydrogen) atoms. The monoisotopic (exact) mass is 298 g/mol. The van der Waals surface area contributed by atoms with Crippen LogP contribution in [0.5, 0.6) is 0 Å². The molecule has 5 heteroatoms. The van der Waals surface area contributed by atoms with E-state index in [1.807, 2.05) is 30.3 Å². The third kappa shape index (κ3) is 4.45. The van der Waals surface area contributed by atoms with Gasteiger partial charge < -0.3 is 10.1 Å². The molecule has 0 unspecified atom stereocenters. The number of carbonyl (C=O) groups excluding carboxylic acids is 2. The number of benzene rings is 1. The highest BCUT2D eigenvalue weighted by molar-refractivity contribution is 5.89. The first-order chi connectivity index (χ1) is 10.6. The van der Waals surface area contributed by atoms with Crippen molar-refractivity contribution in [1.82, 2.24) is 5.32 Å². The molecule has 2 rings (SSSR count). The van der Waals surface area contributed by atoms with Crippen molar-refractivity contribution in [2.24, 2.45) is 0 Å². The van der Waals surface area contributed by atoms with E-state index in [1.165, 1.54) is 6.08 Å². The minimum Gasteiger partial charge on any atom is -0.452 e. The van der Waals surface area contributed by atoms with Gasteiger partial charge in [0.05, 0.1) is 6.07 Å². The Bertz CT molecular complexity index is 596. The molecule has 0 aliphatic heterocycles. The van der Waals surface area contributed by atoms with Gasteiger partial charge in [0.15, 0.2) is 6.61 Å². The molecule has 114 valence electrons. The van der Waals surface area contributed by atoms with Crippen molar-refractivity contribution in [2.45, 2.75) is 31.2 Å². The third-order valence-electron chi connectivity index (χ3n) is 3.61. The first kappa shape index (κ1) is 15.8. The van der Waals surface area contributed by atoms with Crippen LogP contribution in [-0.2, 0) is 14.3 Å². The zero-order valence-electron chi connectivity index (χ0n) is 12.2. The van der Waals surface area contributed by atoms with Gasteiger partial charge in [-0.25, -0.2) is 4.79 Å². The molecule has 1 saturated carbocycles. The fraction of sp³-hybridized carbons (Fsp3) is 0.353. The van der Waals surface area contributed by atoms with E-state index in [9.17, 15) is 9.59 Å². The topological polar surface area (TPSA) is 79.2 Å². The van der Waals surface area contributed by atoms with Crippen LogP contribution in [0.2, 0.25) is 0 Å². The number of nitrogens with one attached hydrogen (secondary N) is 1. The first-order valence-corrected chi connectivity index (χ1v) is 7.26. The normalized spacial score (nSPS) is 16.1. The third-order valence-corrected chi connectivity index (χ3v) is 3.61. The predicted molar refractivity (Wildman–Crippen MR) is 81.4 cm³/mol. The van der Waals surface area contributed by atoms with Gasteiger partial charge >= 0.3 is 5.97 Å². The molecule has 0 radical (unpaired) electrons. The highest BCUT2D eigenvalue weighted by Gasteiger charge is 2.35. The average molecular weight is 298 g/mol. The van der Waals surface area contributed by atoms with Crippen LogP contribution in [-0.4, -0.2) is 24.0 Å². The molecule has 1 fully saturated rings. The number of amides is 1. The molecule has 0 saturated heterocycles. The second-order valence-electron chi connectivity index (χ2n) is 5.30. The van der Waals surface area contributed by atoms with E-state index in [0.717, 1.165) is 18.4 Å². The second kappa shape index (κ2) is 7.41. The molecule has 1 aromatic carbocycles. The van der Waals surface area contributed by atoms with Crippen LogP contribution in [0, 0.1) is 11.3 Å². The van der Waals surface area contributed by atoms with Crippen molar-refractivity contribution < 1.29 is 14.3 Å². The lowest BCUT2D eigenvalue weighted by atomic mass is 10.00. The molecule has 0 bridgehead atoms. The zero-order chi connectivity index (χ0) is 15.8. The largest absolute Gasteiger partial charge is 0.452 e. The number of carbonyl (C=O) groups is 2. The molecule has 5 nitrogen and oxygen atoms in total. The Morgan fingerprint density at radius 1 is 1.27 bits per heavy atom. The van der Waals surface area contributed by atoms with E-state index >= 15 is 0 Å². The van der Waals surface area contributed by atoms with Crippen molar-refractivity contribution in [2.75, 3.05) is 6.61 Å². The van der Waals surface area contributed by atoms with Crippen LogP contribution in [0.25, 0.3) is 6.08 Å². The Hall–Kier alpha value is -2.61. The predicted octanol–water partition coefficient (Wildman–Crippen LogP) is 2.20. The number of esters is 1. The van der Waals surface area contributed by atoms with Crippen LogP contribution < -0.4 is 5.32 Å². The summed E-state index contributed by atoms with van der Waals surface area (Å²) in [4.78, 5) is 23.3. The van der Waals surface area contributed by atoms with Crippen LogP contribution in [0.15, 0.2) is 36.4 Å². The highest BCUT2D eigenvalue weighted by Crippen LogP contribution is 2.28. The number of rotatable bonds is 5. The molecule has 0 atom stereocenters. The summed E-state index contributed by atoms with van der Waals surface area (Å²) in [6.45, 7) is -0.374. The molecule has 1 amide bonds. The highest BCUT2D eigenvalue weighted by atomic mass is 16.5. The summed E-state index contributed by atoms with van der Waals surface area (Å²) >= 11 is 0. The van der Waals surface area contributed by atoms with E-state index in [-0.39, 0.29) is 6.61 Å². The van der Waals surface area contributed by atoms with E-state index in [1.54, 1.807) is 6.08 Å². The lowest BCUT2D eigenvalue weighted by Gasteiger charge is -2.21. The minimum absolute atomic E-state index is 0.374. The van der Waals surface area contributed by atoms with Crippen molar-refractivity contribution >= 4 is 18.0 Å². The summed E-state index contributed by atoms with van der Waals surface area (Å²) in [5.74, 6) is -1.03. The van der Waals surface area contributed by atoms with Gasteiger partial charge in [0.1, 0.15) is 5.54 Å². The van der Waals surface area contributed by atoms with Gasteiger partial charge in [-0.15, -0.1) is 0 Å². The smallest absolute Gasteiger partial charge is 0.331 e. The summed E-state index contributed by atoms with van der Waals surface area (Å²) in [5, 5.41) is 11.8. The summed E-state index contributed by atoms with van der Waals surface area (Å²) in [7, 11) is 0. The Morgan fingerprint density at radius 2 is 1.95 bits per heavy atom. The minimum atomic E-state index is -0.788.